The Labute approximate surface area is 121 Å². The Morgan fingerprint density at radius 3 is 2.45 bits per heavy atom. The zero-order chi connectivity index (χ0) is 14.7. The highest BCUT2D eigenvalue weighted by Gasteiger charge is 2.23. The summed E-state index contributed by atoms with van der Waals surface area (Å²) in [5, 5.41) is 10.2. The van der Waals surface area contributed by atoms with Gasteiger partial charge in [0, 0.05) is 24.3 Å². The highest BCUT2D eigenvalue weighted by Crippen LogP contribution is 2.33. The lowest BCUT2D eigenvalue weighted by molar-refractivity contribution is 0.274. The van der Waals surface area contributed by atoms with Gasteiger partial charge in [0.1, 0.15) is 0 Å². The Kier molecular flexibility index (Phi) is 4.86. The molecule has 1 aromatic rings. The Bertz CT molecular complexity index is 512. The average Bonchev–Trinajstić information content (AvgIpc) is 2.94. The molecule has 0 atom stereocenters. The van der Waals surface area contributed by atoms with Crippen LogP contribution in [0.25, 0.3) is 0 Å². The Morgan fingerprint density at radius 1 is 1.30 bits per heavy atom. The van der Waals surface area contributed by atoms with Gasteiger partial charge in [-0.15, -0.1) is 0 Å². The van der Waals surface area contributed by atoms with Crippen LogP contribution in [-0.4, -0.2) is 27.7 Å². The summed E-state index contributed by atoms with van der Waals surface area (Å²) >= 11 is 0. The van der Waals surface area contributed by atoms with Gasteiger partial charge in [0.15, 0.2) is 5.75 Å². The minimum Gasteiger partial charge on any atom is -0.503 e. The van der Waals surface area contributed by atoms with Gasteiger partial charge in [-0.3, -0.25) is 9.69 Å². The first-order chi connectivity index (χ1) is 9.58. The van der Waals surface area contributed by atoms with Crippen molar-refractivity contribution in [1.29, 1.82) is 0 Å². The second-order valence-electron chi connectivity index (χ2n) is 5.71. The SMILES string of the molecule is CCN(CC)Cc1c(O)c(=O)cc(C)n1C1CCCC1. The lowest BCUT2D eigenvalue weighted by Crippen LogP contribution is -2.28. The van der Waals surface area contributed by atoms with E-state index in [0.29, 0.717) is 12.6 Å². The fraction of sp³-hybridized carbons (Fsp3) is 0.688. The Balaban J connectivity index is 2.47. The van der Waals surface area contributed by atoms with E-state index >= 15 is 0 Å². The lowest BCUT2D eigenvalue weighted by atomic mass is 10.1. The van der Waals surface area contributed by atoms with Gasteiger partial charge in [-0.05, 0) is 32.9 Å². The van der Waals surface area contributed by atoms with E-state index in [9.17, 15) is 9.90 Å². The van der Waals surface area contributed by atoms with Crippen LogP contribution in [0.1, 0.15) is 57.0 Å². The number of hydrogen-bond donors (Lipinski definition) is 1. The van der Waals surface area contributed by atoms with Crippen LogP contribution in [0, 0.1) is 6.92 Å². The highest BCUT2D eigenvalue weighted by atomic mass is 16.3. The monoisotopic (exact) mass is 278 g/mol. The molecular weight excluding hydrogens is 252 g/mol. The van der Waals surface area contributed by atoms with Gasteiger partial charge >= 0.3 is 0 Å². The molecule has 1 N–H and O–H groups in total. The number of aromatic hydroxyl groups is 1. The maximum atomic E-state index is 11.9. The number of aromatic nitrogens is 1. The molecule has 0 aliphatic heterocycles. The molecule has 1 heterocycles. The average molecular weight is 278 g/mol. The topological polar surface area (TPSA) is 45.5 Å². The third-order valence-electron chi connectivity index (χ3n) is 4.48. The van der Waals surface area contributed by atoms with Crippen LogP contribution in [-0.2, 0) is 6.54 Å². The first-order valence-electron chi connectivity index (χ1n) is 7.74. The molecule has 1 aliphatic carbocycles. The summed E-state index contributed by atoms with van der Waals surface area (Å²) in [6.45, 7) is 8.67. The molecule has 0 amide bonds. The largest absolute Gasteiger partial charge is 0.503 e. The van der Waals surface area contributed by atoms with Gasteiger partial charge < -0.3 is 9.67 Å². The van der Waals surface area contributed by atoms with Crippen LogP contribution in [0.4, 0.5) is 0 Å². The number of nitrogens with zero attached hydrogens (tertiary/aromatic N) is 2. The number of hydrogen-bond acceptors (Lipinski definition) is 3. The molecule has 1 saturated carbocycles. The van der Waals surface area contributed by atoms with Crippen molar-refractivity contribution in [3.8, 4) is 5.75 Å². The van der Waals surface area contributed by atoms with Crippen molar-refractivity contribution in [2.24, 2.45) is 0 Å². The van der Waals surface area contributed by atoms with Gasteiger partial charge in [0.05, 0.1) is 5.69 Å². The first kappa shape index (κ1) is 15.1. The van der Waals surface area contributed by atoms with E-state index in [1.54, 1.807) is 6.07 Å². The van der Waals surface area contributed by atoms with Crippen LogP contribution in [0.3, 0.4) is 0 Å². The molecule has 0 radical (unpaired) electrons. The van der Waals surface area contributed by atoms with Crippen LogP contribution >= 0.6 is 0 Å². The van der Waals surface area contributed by atoms with E-state index in [-0.39, 0.29) is 11.2 Å². The third kappa shape index (κ3) is 2.90. The van der Waals surface area contributed by atoms with E-state index in [1.165, 1.54) is 12.8 Å². The van der Waals surface area contributed by atoms with Crippen LogP contribution in [0.2, 0.25) is 0 Å². The molecule has 4 heteroatoms. The van der Waals surface area contributed by atoms with E-state index in [0.717, 1.165) is 37.3 Å². The smallest absolute Gasteiger partial charge is 0.223 e. The standard InChI is InChI=1S/C16H26N2O2/c1-4-17(5-2)11-14-16(20)15(19)10-12(3)18(14)13-8-6-7-9-13/h10,13,20H,4-9,11H2,1-3H3. The van der Waals surface area contributed by atoms with Crippen molar-refractivity contribution >= 4 is 0 Å². The van der Waals surface area contributed by atoms with Crippen LogP contribution in [0.15, 0.2) is 10.9 Å². The fourth-order valence-electron chi connectivity index (χ4n) is 3.28. The quantitative estimate of drug-likeness (QED) is 0.901. The molecule has 0 unspecified atom stereocenters. The molecular formula is C16H26N2O2. The van der Waals surface area contributed by atoms with Gasteiger partial charge in [-0.1, -0.05) is 26.7 Å². The molecule has 1 fully saturated rings. The minimum absolute atomic E-state index is 0.0607. The van der Waals surface area contributed by atoms with E-state index < -0.39 is 0 Å². The number of rotatable bonds is 5. The van der Waals surface area contributed by atoms with Gasteiger partial charge in [0.25, 0.3) is 0 Å². The van der Waals surface area contributed by atoms with Gasteiger partial charge in [0.2, 0.25) is 5.43 Å². The summed E-state index contributed by atoms with van der Waals surface area (Å²) < 4.78 is 2.21. The van der Waals surface area contributed by atoms with E-state index in [4.69, 9.17) is 0 Å². The normalized spacial score (nSPS) is 16.2. The predicted molar refractivity (Wildman–Crippen MR) is 81.2 cm³/mol. The molecule has 2 rings (SSSR count). The van der Waals surface area contributed by atoms with Crippen LogP contribution in [0.5, 0.6) is 5.75 Å². The predicted octanol–water partition coefficient (Wildman–Crippen LogP) is 2.82. The summed E-state index contributed by atoms with van der Waals surface area (Å²) in [7, 11) is 0. The van der Waals surface area contributed by atoms with E-state index in [2.05, 4.69) is 23.3 Å². The molecule has 1 aromatic heterocycles. The summed E-state index contributed by atoms with van der Waals surface area (Å²) in [6, 6.07) is 2.01. The molecule has 112 valence electrons. The van der Waals surface area contributed by atoms with Gasteiger partial charge in [-0.25, -0.2) is 0 Å². The molecule has 1 aliphatic rings. The molecule has 0 aromatic carbocycles. The second-order valence-corrected chi connectivity index (χ2v) is 5.71. The first-order valence-corrected chi connectivity index (χ1v) is 7.74. The van der Waals surface area contributed by atoms with Crippen molar-refractivity contribution in [3.63, 3.8) is 0 Å². The zero-order valence-electron chi connectivity index (χ0n) is 12.9. The van der Waals surface area contributed by atoms with E-state index in [1.807, 2.05) is 6.92 Å². The van der Waals surface area contributed by atoms with Crippen molar-refractivity contribution in [2.75, 3.05) is 13.1 Å². The maximum absolute atomic E-state index is 11.9. The zero-order valence-corrected chi connectivity index (χ0v) is 12.9. The minimum atomic E-state index is -0.251. The van der Waals surface area contributed by atoms with Crippen molar-refractivity contribution in [3.05, 3.63) is 27.7 Å². The molecule has 20 heavy (non-hydrogen) atoms. The molecule has 0 saturated heterocycles. The highest BCUT2D eigenvalue weighted by molar-refractivity contribution is 5.30. The van der Waals surface area contributed by atoms with Crippen LogP contribution < -0.4 is 5.43 Å². The van der Waals surface area contributed by atoms with Crippen molar-refractivity contribution < 1.29 is 5.11 Å². The maximum Gasteiger partial charge on any atom is 0.223 e. The Morgan fingerprint density at radius 2 is 1.90 bits per heavy atom. The summed E-state index contributed by atoms with van der Waals surface area (Å²) in [4.78, 5) is 14.1. The third-order valence-corrected chi connectivity index (χ3v) is 4.48. The number of aryl methyl sites for hydroxylation is 1. The van der Waals surface area contributed by atoms with Crippen molar-refractivity contribution in [2.45, 2.75) is 59.0 Å². The summed E-state index contributed by atoms with van der Waals surface area (Å²) in [6.07, 6.45) is 4.77. The Hall–Kier alpha value is -1.29. The molecule has 0 bridgehead atoms. The molecule has 4 nitrogen and oxygen atoms in total. The summed E-state index contributed by atoms with van der Waals surface area (Å²) in [5.41, 5.74) is 1.52. The van der Waals surface area contributed by atoms with Crippen molar-refractivity contribution in [1.82, 2.24) is 9.47 Å². The fourth-order valence-corrected chi connectivity index (χ4v) is 3.28. The molecule has 0 spiro atoms. The number of pyridine rings is 1. The van der Waals surface area contributed by atoms with Gasteiger partial charge in [-0.2, -0.15) is 0 Å². The lowest BCUT2D eigenvalue weighted by Gasteiger charge is -2.27. The second kappa shape index (κ2) is 6.44. The summed E-state index contributed by atoms with van der Waals surface area (Å²) in [5.74, 6) is -0.0607.